The van der Waals surface area contributed by atoms with Crippen molar-refractivity contribution in [1.29, 1.82) is 0 Å². The number of amides is 1. The largest absolute Gasteiger partial charge is 0.452 e. The lowest BCUT2D eigenvalue weighted by Gasteiger charge is -2.16. The highest BCUT2D eigenvalue weighted by Crippen LogP contribution is 2.33. The number of methoxy groups -OCH3 is 1. The van der Waals surface area contributed by atoms with Crippen molar-refractivity contribution >= 4 is 68.9 Å². The molecule has 1 amide bonds. The fourth-order valence-corrected chi connectivity index (χ4v) is 3.59. The predicted octanol–water partition coefficient (Wildman–Crippen LogP) is 4.45. The van der Waals surface area contributed by atoms with Gasteiger partial charge in [0.1, 0.15) is 0 Å². The van der Waals surface area contributed by atoms with E-state index >= 15 is 0 Å². The van der Waals surface area contributed by atoms with Gasteiger partial charge in [-0.15, -0.1) is 0 Å². The second kappa shape index (κ2) is 5.70. The Balaban J connectivity index is 2.56. The molecule has 18 heavy (non-hydrogen) atoms. The number of aromatic nitrogens is 1. The minimum Gasteiger partial charge on any atom is -0.452 e. The van der Waals surface area contributed by atoms with E-state index in [4.69, 9.17) is 4.74 Å². The molecular weight excluding hydrogens is 431 g/mol. The average molecular weight is 441 g/mol. The van der Waals surface area contributed by atoms with Crippen LogP contribution < -0.4 is 4.90 Å². The van der Waals surface area contributed by atoms with Crippen LogP contribution in [0.2, 0.25) is 0 Å². The van der Waals surface area contributed by atoms with Gasteiger partial charge in [0.2, 0.25) is 0 Å². The third-order valence-electron chi connectivity index (χ3n) is 2.62. The van der Waals surface area contributed by atoms with Gasteiger partial charge >= 0.3 is 6.09 Å². The van der Waals surface area contributed by atoms with E-state index < -0.39 is 0 Å². The van der Waals surface area contributed by atoms with Crippen molar-refractivity contribution in [2.24, 2.45) is 0 Å². The molecule has 0 spiro atoms. The summed E-state index contributed by atoms with van der Waals surface area (Å²) in [6, 6.07) is 5.90. The number of rotatable bonds is 2. The molecule has 4 nitrogen and oxygen atoms in total. The summed E-state index contributed by atoms with van der Waals surface area (Å²) in [5.41, 5.74) is 1.83. The highest BCUT2D eigenvalue weighted by molar-refractivity contribution is 14.2. The zero-order chi connectivity index (χ0) is 13.3. The smallest absolute Gasteiger partial charge is 0.413 e. The van der Waals surface area contributed by atoms with E-state index in [1.807, 2.05) is 28.4 Å². The van der Waals surface area contributed by atoms with Crippen molar-refractivity contribution in [3.63, 3.8) is 0 Å². The molecule has 0 saturated carbocycles. The van der Waals surface area contributed by atoms with Crippen molar-refractivity contribution in [3.8, 4) is 0 Å². The van der Waals surface area contributed by atoms with Crippen LogP contribution in [0.1, 0.15) is 0 Å². The van der Waals surface area contributed by atoms with Gasteiger partial charge in [-0.2, -0.15) is 0 Å². The Morgan fingerprint density at radius 3 is 2.89 bits per heavy atom. The normalized spacial score (nSPS) is 10.7. The molecule has 0 radical (unpaired) electrons. The van der Waals surface area contributed by atoms with Crippen LogP contribution in [0.15, 0.2) is 28.9 Å². The number of hydrogen-bond acceptors (Lipinski definition) is 3. The van der Waals surface area contributed by atoms with Crippen LogP contribution >= 0.6 is 46.3 Å². The Kier molecular flexibility index (Phi) is 4.44. The summed E-state index contributed by atoms with van der Waals surface area (Å²) in [6.07, 6.45) is 1.61. The first-order valence-electron chi connectivity index (χ1n) is 5.00. The molecule has 2 rings (SSSR count). The summed E-state index contributed by atoms with van der Waals surface area (Å²) in [4.78, 5) is 13.0. The van der Waals surface area contributed by atoms with E-state index in [2.05, 4.69) is 37.1 Å². The van der Waals surface area contributed by atoms with Gasteiger partial charge in [-0.3, -0.25) is 8.87 Å². The van der Waals surface area contributed by atoms with Crippen LogP contribution in [0.25, 0.3) is 10.9 Å². The van der Waals surface area contributed by atoms with E-state index in [0.29, 0.717) is 0 Å². The Morgan fingerprint density at radius 2 is 2.28 bits per heavy atom. The van der Waals surface area contributed by atoms with Crippen LogP contribution in [0.3, 0.4) is 0 Å². The van der Waals surface area contributed by atoms with Gasteiger partial charge in [0.25, 0.3) is 0 Å². The number of anilines is 1. The second-order valence-corrected chi connectivity index (χ2v) is 6.17. The van der Waals surface area contributed by atoms with E-state index in [0.717, 1.165) is 21.1 Å². The number of carbonyl (C=O) groups is 1. The van der Waals surface area contributed by atoms with Gasteiger partial charge in [-0.25, -0.2) is 4.79 Å². The van der Waals surface area contributed by atoms with Crippen LogP contribution in [-0.2, 0) is 4.74 Å². The number of hydrogen-bond donors (Lipinski definition) is 0. The zero-order valence-corrected chi connectivity index (χ0v) is 14.2. The number of carbonyl (C=O) groups excluding carboxylic acids is 1. The first-order valence-corrected chi connectivity index (χ1v) is 9.10. The average Bonchev–Trinajstić information content (AvgIpc) is 2.80. The van der Waals surface area contributed by atoms with Gasteiger partial charge in [0.05, 0.1) is 12.6 Å². The van der Waals surface area contributed by atoms with Crippen molar-refractivity contribution in [2.75, 3.05) is 19.1 Å². The van der Waals surface area contributed by atoms with E-state index in [1.54, 1.807) is 16.2 Å². The molecule has 2 aromatic rings. The van der Waals surface area contributed by atoms with E-state index in [-0.39, 0.29) is 6.09 Å². The van der Waals surface area contributed by atoms with Crippen molar-refractivity contribution < 1.29 is 9.53 Å². The Bertz CT molecular complexity index is 602. The molecule has 0 bridgehead atoms. The molecule has 0 N–H and O–H groups in total. The summed E-state index contributed by atoms with van der Waals surface area (Å²) < 4.78 is 7.71. The first kappa shape index (κ1) is 14.0. The molecule has 0 saturated heterocycles. The molecule has 0 aliphatic carbocycles. The lowest BCUT2D eigenvalue weighted by molar-refractivity contribution is 0.180. The maximum Gasteiger partial charge on any atom is 0.413 e. The molecule has 1 aromatic carbocycles. The van der Waals surface area contributed by atoms with Crippen molar-refractivity contribution in [3.05, 3.63) is 28.9 Å². The second-order valence-electron chi connectivity index (χ2n) is 3.60. The topological polar surface area (TPSA) is 34.5 Å². The van der Waals surface area contributed by atoms with Gasteiger partial charge in [0, 0.05) is 59.1 Å². The number of halogens is 2. The fourth-order valence-electron chi connectivity index (χ4n) is 1.66. The quantitative estimate of drug-likeness (QED) is 0.647. The fraction of sp³-hybridized carbons (Fsp3) is 0.182. The highest BCUT2D eigenvalue weighted by Gasteiger charge is 2.14. The Hall–Kier alpha value is -0.410. The summed E-state index contributed by atoms with van der Waals surface area (Å²) in [5.74, 6) is 0. The third kappa shape index (κ3) is 2.48. The minimum atomic E-state index is -0.388. The van der Waals surface area contributed by atoms with E-state index in [1.165, 1.54) is 12.0 Å². The summed E-state index contributed by atoms with van der Waals surface area (Å²) in [6.45, 7) is 0. The molecule has 0 atom stereocenters. The molecule has 0 fully saturated rings. The Labute approximate surface area is 129 Å². The standard InChI is InChI=1S/C11H10BrIN2O2S/c1-14(11(16)17-2)7-5-9(12)8-3-4-15(18-13)10(8)6-7/h3-6H,1-2H3. The zero-order valence-electron chi connectivity index (χ0n) is 9.68. The number of fused-ring (bicyclic) bond motifs is 1. The molecule has 96 valence electrons. The van der Waals surface area contributed by atoms with Crippen LogP contribution in [0.4, 0.5) is 10.5 Å². The number of ether oxygens (including phenoxy) is 1. The monoisotopic (exact) mass is 440 g/mol. The maximum atomic E-state index is 11.5. The number of nitrogens with zero attached hydrogens (tertiary/aromatic N) is 2. The highest BCUT2D eigenvalue weighted by atomic mass is 127. The molecule has 1 aromatic heterocycles. The summed E-state index contributed by atoms with van der Waals surface area (Å²) >= 11 is 5.74. The third-order valence-corrected chi connectivity index (χ3v) is 5.01. The maximum absolute atomic E-state index is 11.5. The van der Waals surface area contributed by atoms with Gasteiger partial charge in [0.15, 0.2) is 0 Å². The van der Waals surface area contributed by atoms with Crippen LogP contribution in [-0.4, -0.2) is 24.2 Å². The lowest BCUT2D eigenvalue weighted by atomic mass is 10.2. The summed E-state index contributed by atoms with van der Waals surface area (Å²) in [5, 5.41) is 1.11. The minimum absolute atomic E-state index is 0.388. The molecule has 7 heteroatoms. The predicted molar refractivity (Wildman–Crippen MR) is 87.5 cm³/mol. The van der Waals surface area contributed by atoms with Gasteiger partial charge in [-0.1, -0.05) is 15.9 Å². The summed E-state index contributed by atoms with van der Waals surface area (Å²) in [7, 11) is 4.63. The molecule has 0 unspecified atom stereocenters. The SMILES string of the molecule is COC(=O)N(C)c1cc(Br)c2ccn(SI)c2c1. The lowest BCUT2D eigenvalue weighted by Crippen LogP contribution is -2.25. The van der Waals surface area contributed by atoms with E-state index in [9.17, 15) is 4.79 Å². The van der Waals surface area contributed by atoms with Gasteiger partial charge in [-0.05, 0) is 18.2 Å². The van der Waals surface area contributed by atoms with Crippen LogP contribution in [0.5, 0.6) is 0 Å². The van der Waals surface area contributed by atoms with Crippen molar-refractivity contribution in [2.45, 2.75) is 0 Å². The van der Waals surface area contributed by atoms with Crippen LogP contribution in [0, 0.1) is 0 Å². The molecule has 0 aliphatic heterocycles. The molecule has 1 heterocycles. The molecule has 0 aliphatic rings. The first-order chi connectivity index (χ1) is 8.58. The van der Waals surface area contributed by atoms with Gasteiger partial charge < -0.3 is 4.74 Å². The Morgan fingerprint density at radius 1 is 1.56 bits per heavy atom. The van der Waals surface area contributed by atoms with Crippen molar-refractivity contribution in [1.82, 2.24) is 3.97 Å². The molecular formula is C11H10BrIN2O2S. The number of benzene rings is 1.